The average Bonchev–Trinajstić information content (AvgIpc) is 2.83. The van der Waals surface area contributed by atoms with Gasteiger partial charge in [-0.15, -0.1) is 0 Å². The molecular weight excluding hydrogens is 232 g/mol. The molecule has 2 aliphatic rings. The summed E-state index contributed by atoms with van der Waals surface area (Å²) in [5, 5.41) is 2.75. The van der Waals surface area contributed by atoms with Gasteiger partial charge in [0, 0.05) is 12.1 Å². The van der Waals surface area contributed by atoms with Crippen LogP contribution in [0.15, 0.2) is 12.1 Å². The average molecular weight is 248 g/mol. The van der Waals surface area contributed by atoms with Crippen molar-refractivity contribution in [1.82, 2.24) is 0 Å². The van der Waals surface area contributed by atoms with Gasteiger partial charge in [0.2, 0.25) is 0 Å². The Kier molecular flexibility index (Phi) is 2.74. The molecule has 1 fully saturated rings. The Hall–Kier alpha value is -1.91. The first-order valence-corrected chi connectivity index (χ1v) is 6.25. The standard InChI is InChI=1S/C13H16N2O3/c14-9-5-12-10(15-13(16)7-17-12)6-11(9)18-8-3-1-2-4-8/h5-6,8H,1-4,7,14H2,(H,15,16). The van der Waals surface area contributed by atoms with Crippen molar-refractivity contribution >= 4 is 17.3 Å². The summed E-state index contributed by atoms with van der Waals surface area (Å²) in [6.07, 6.45) is 4.79. The molecule has 1 amide bonds. The summed E-state index contributed by atoms with van der Waals surface area (Å²) in [7, 11) is 0. The third-order valence-electron chi connectivity index (χ3n) is 3.34. The van der Waals surface area contributed by atoms with Crippen molar-refractivity contribution in [2.45, 2.75) is 31.8 Å². The van der Waals surface area contributed by atoms with Crippen LogP contribution in [0.5, 0.6) is 11.5 Å². The fourth-order valence-corrected chi connectivity index (χ4v) is 2.41. The zero-order valence-corrected chi connectivity index (χ0v) is 10.1. The highest BCUT2D eigenvalue weighted by atomic mass is 16.5. The molecule has 0 saturated heterocycles. The molecule has 96 valence electrons. The van der Waals surface area contributed by atoms with Crippen LogP contribution in [0.2, 0.25) is 0 Å². The van der Waals surface area contributed by atoms with Crippen LogP contribution in [0.1, 0.15) is 25.7 Å². The van der Waals surface area contributed by atoms with E-state index in [0.717, 1.165) is 12.8 Å². The molecule has 1 saturated carbocycles. The van der Waals surface area contributed by atoms with Crippen LogP contribution in [0.3, 0.4) is 0 Å². The van der Waals surface area contributed by atoms with Crippen molar-refractivity contribution in [3.8, 4) is 11.5 Å². The Morgan fingerprint density at radius 1 is 1.33 bits per heavy atom. The summed E-state index contributed by atoms with van der Waals surface area (Å²) < 4.78 is 11.2. The highest BCUT2D eigenvalue weighted by Gasteiger charge is 2.21. The summed E-state index contributed by atoms with van der Waals surface area (Å²) in [4.78, 5) is 11.3. The minimum atomic E-state index is -0.154. The largest absolute Gasteiger partial charge is 0.488 e. The van der Waals surface area contributed by atoms with E-state index in [0.29, 0.717) is 22.9 Å². The molecule has 3 N–H and O–H groups in total. The van der Waals surface area contributed by atoms with Crippen LogP contribution < -0.4 is 20.5 Å². The second kappa shape index (κ2) is 4.40. The monoisotopic (exact) mass is 248 g/mol. The number of hydrogen-bond donors (Lipinski definition) is 2. The lowest BCUT2D eigenvalue weighted by atomic mass is 10.2. The normalized spacial score (nSPS) is 19.0. The van der Waals surface area contributed by atoms with Gasteiger partial charge in [0.25, 0.3) is 5.91 Å². The molecule has 1 aromatic carbocycles. The number of nitrogens with one attached hydrogen (secondary N) is 1. The molecule has 5 nitrogen and oxygen atoms in total. The third kappa shape index (κ3) is 2.08. The third-order valence-corrected chi connectivity index (χ3v) is 3.34. The van der Waals surface area contributed by atoms with Crippen molar-refractivity contribution in [2.75, 3.05) is 17.7 Å². The Bertz CT molecular complexity index is 481. The molecule has 0 radical (unpaired) electrons. The maximum absolute atomic E-state index is 11.3. The van der Waals surface area contributed by atoms with E-state index in [9.17, 15) is 4.79 Å². The first-order valence-electron chi connectivity index (χ1n) is 6.25. The Morgan fingerprint density at radius 2 is 2.11 bits per heavy atom. The molecule has 1 aliphatic carbocycles. The first-order chi connectivity index (χ1) is 8.72. The SMILES string of the molecule is Nc1cc2c(cc1OC1CCCC1)NC(=O)CO2. The maximum atomic E-state index is 11.3. The Labute approximate surface area is 105 Å². The van der Waals surface area contributed by atoms with E-state index in [1.54, 1.807) is 12.1 Å². The van der Waals surface area contributed by atoms with Gasteiger partial charge < -0.3 is 20.5 Å². The molecule has 0 bridgehead atoms. The quantitative estimate of drug-likeness (QED) is 0.784. The summed E-state index contributed by atoms with van der Waals surface area (Å²) in [5.41, 5.74) is 7.13. The van der Waals surface area contributed by atoms with Gasteiger partial charge in [-0.3, -0.25) is 4.79 Å². The van der Waals surface area contributed by atoms with Gasteiger partial charge in [-0.05, 0) is 25.7 Å². The highest BCUT2D eigenvalue weighted by molar-refractivity contribution is 5.96. The van der Waals surface area contributed by atoms with Gasteiger partial charge in [0.15, 0.2) is 6.61 Å². The number of carbonyl (C=O) groups excluding carboxylic acids is 1. The van der Waals surface area contributed by atoms with Crippen LogP contribution in [-0.4, -0.2) is 18.6 Å². The van der Waals surface area contributed by atoms with Crippen molar-refractivity contribution in [3.63, 3.8) is 0 Å². The number of hydrogen-bond acceptors (Lipinski definition) is 4. The number of ether oxygens (including phenoxy) is 2. The van der Waals surface area contributed by atoms with Crippen LogP contribution in [0, 0.1) is 0 Å². The van der Waals surface area contributed by atoms with Gasteiger partial charge in [-0.25, -0.2) is 0 Å². The number of fused-ring (bicyclic) bond motifs is 1. The summed E-state index contributed by atoms with van der Waals surface area (Å²) in [6, 6.07) is 3.46. The van der Waals surface area contributed by atoms with Crippen LogP contribution in [-0.2, 0) is 4.79 Å². The second-order valence-corrected chi connectivity index (χ2v) is 4.75. The van der Waals surface area contributed by atoms with Crippen LogP contribution in [0.25, 0.3) is 0 Å². The topological polar surface area (TPSA) is 73.6 Å². The number of nitrogen functional groups attached to an aromatic ring is 1. The summed E-state index contributed by atoms with van der Waals surface area (Å²) >= 11 is 0. The molecule has 0 unspecified atom stereocenters. The summed E-state index contributed by atoms with van der Waals surface area (Å²) in [5.74, 6) is 1.08. The van der Waals surface area contributed by atoms with Gasteiger partial charge in [-0.2, -0.15) is 0 Å². The number of rotatable bonds is 2. The molecule has 3 rings (SSSR count). The fraction of sp³-hybridized carbons (Fsp3) is 0.462. The molecule has 0 atom stereocenters. The number of anilines is 2. The zero-order valence-electron chi connectivity index (χ0n) is 10.1. The molecule has 1 aromatic rings. The van der Waals surface area contributed by atoms with Gasteiger partial charge in [0.1, 0.15) is 11.5 Å². The van der Waals surface area contributed by atoms with E-state index >= 15 is 0 Å². The summed E-state index contributed by atoms with van der Waals surface area (Å²) in [6.45, 7) is 0.0370. The number of amides is 1. The van der Waals surface area contributed by atoms with E-state index < -0.39 is 0 Å². The smallest absolute Gasteiger partial charge is 0.262 e. The minimum absolute atomic E-state index is 0.0370. The van der Waals surface area contributed by atoms with E-state index in [1.165, 1.54) is 12.8 Å². The van der Waals surface area contributed by atoms with E-state index in [1.807, 2.05) is 0 Å². The number of benzene rings is 1. The molecule has 0 aromatic heterocycles. The molecule has 5 heteroatoms. The Morgan fingerprint density at radius 3 is 2.89 bits per heavy atom. The van der Waals surface area contributed by atoms with Gasteiger partial charge in [0.05, 0.1) is 17.5 Å². The zero-order chi connectivity index (χ0) is 12.5. The highest BCUT2D eigenvalue weighted by Crippen LogP contribution is 2.38. The molecule has 18 heavy (non-hydrogen) atoms. The first kappa shape index (κ1) is 11.2. The van der Waals surface area contributed by atoms with Crippen molar-refractivity contribution in [2.24, 2.45) is 0 Å². The maximum Gasteiger partial charge on any atom is 0.262 e. The van der Waals surface area contributed by atoms with Crippen LogP contribution >= 0.6 is 0 Å². The Balaban J connectivity index is 1.85. The molecule has 0 spiro atoms. The lowest BCUT2D eigenvalue weighted by Crippen LogP contribution is -2.25. The predicted octanol–water partition coefficient (Wildman–Crippen LogP) is 1.92. The van der Waals surface area contributed by atoms with E-state index in [-0.39, 0.29) is 18.6 Å². The van der Waals surface area contributed by atoms with Gasteiger partial charge >= 0.3 is 0 Å². The van der Waals surface area contributed by atoms with Crippen LogP contribution in [0.4, 0.5) is 11.4 Å². The number of carbonyl (C=O) groups is 1. The van der Waals surface area contributed by atoms with Gasteiger partial charge in [-0.1, -0.05) is 0 Å². The van der Waals surface area contributed by atoms with Crippen molar-refractivity contribution in [1.29, 1.82) is 0 Å². The second-order valence-electron chi connectivity index (χ2n) is 4.75. The van der Waals surface area contributed by atoms with E-state index in [4.69, 9.17) is 15.2 Å². The predicted molar refractivity (Wildman–Crippen MR) is 67.9 cm³/mol. The molecular formula is C13H16N2O3. The minimum Gasteiger partial charge on any atom is -0.488 e. The fourth-order valence-electron chi connectivity index (χ4n) is 2.41. The molecule has 1 aliphatic heterocycles. The van der Waals surface area contributed by atoms with Crippen molar-refractivity contribution < 1.29 is 14.3 Å². The van der Waals surface area contributed by atoms with Crippen molar-refractivity contribution in [3.05, 3.63) is 12.1 Å². The van der Waals surface area contributed by atoms with E-state index in [2.05, 4.69) is 5.32 Å². The number of nitrogens with two attached hydrogens (primary N) is 1. The lowest BCUT2D eigenvalue weighted by molar-refractivity contribution is -0.118. The molecule has 1 heterocycles. The lowest BCUT2D eigenvalue weighted by Gasteiger charge is -2.21.